The molecule has 0 atom stereocenters. The van der Waals surface area contributed by atoms with Gasteiger partial charge in [0, 0.05) is 17.2 Å². The van der Waals surface area contributed by atoms with Crippen LogP contribution in [0, 0.1) is 11.3 Å². The summed E-state index contributed by atoms with van der Waals surface area (Å²) in [6, 6.07) is 5.35. The van der Waals surface area contributed by atoms with Gasteiger partial charge in [-0.25, -0.2) is 0 Å². The highest BCUT2D eigenvalue weighted by molar-refractivity contribution is 7.99. The number of nitriles is 1. The Hall–Kier alpha value is -1.19. The lowest BCUT2D eigenvalue weighted by molar-refractivity contribution is -0.137. The zero-order valence-corrected chi connectivity index (χ0v) is 12.3. The average Bonchev–Trinajstić information content (AvgIpc) is 2.42. The van der Waals surface area contributed by atoms with Crippen LogP contribution in [-0.4, -0.2) is 30.3 Å². The molecule has 0 saturated heterocycles. The van der Waals surface area contributed by atoms with Crippen molar-refractivity contribution in [3.8, 4) is 6.07 Å². The van der Waals surface area contributed by atoms with Crippen molar-refractivity contribution in [1.82, 2.24) is 4.90 Å². The van der Waals surface area contributed by atoms with E-state index in [9.17, 15) is 13.2 Å². The summed E-state index contributed by atoms with van der Waals surface area (Å²) in [5.41, 5.74) is -1.18. The fourth-order valence-electron chi connectivity index (χ4n) is 1.79. The largest absolute Gasteiger partial charge is 0.417 e. The van der Waals surface area contributed by atoms with Gasteiger partial charge in [0.2, 0.25) is 0 Å². The number of hydrogen-bond acceptors (Lipinski definition) is 3. The Balaban J connectivity index is 2.72. The molecule has 0 fully saturated rings. The van der Waals surface area contributed by atoms with Crippen LogP contribution in [0.2, 0.25) is 0 Å². The Morgan fingerprint density at radius 1 is 1.25 bits per heavy atom. The van der Waals surface area contributed by atoms with Crippen molar-refractivity contribution < 1.29 is 13.2 Å². The number of halogens is 3. The molecule has 1 aromatic carbocycles. The van der Waals surface area contributed by atoms with E-state index < -0.39 is 11.7 Å². The quantitative estimate of drug-likeness (QED) is 0.743. The molecular formula is C14H17F3N2S. The molecule has 0 aromatic heterocycles. The van der Waals surface area contributed by atoms with Gasteiger partial charge in [-0.05, 0) is 31.3 Å². The monoisotopic (exact) mass is 302 g/mol. The Bertz CT molecular complexity index is 476. The fraction of sp³-hybridized carbons (Fsp3) is 0.500. The first-order chi connectivity index (χ1) is 9.42. The van der Waals surface area contributed by atoms with E-state index in [1.54, 1.807) is 6.07 Å². The van der Waals surface area contributed by atoms with Crippen molar-refractivity contribution in [3.05, 3.63) is 29.3 Å². The molecule has 0 saturated carbocycles. The second-order valence-electron chi connectivity index (χ2n) is 4.19. The highest BCUT2D eigenvalue weighted by Gasteiger charge is 2.33. The predicted molar refractivity (Wildman–Crippen MR) is 74.7 cm³/mol. The van der Waals surface area contributed by atoms with E-state index in [1.165, 1.54) is 23.9 Å². The molecule has 0 unspecified atom stereocenters. The molecule has 110 valence electrons. The second kappa shape index (κ2) is 7.55. The van der Waals surface area contributed by atoms with Gasteiger partial charge in [0.05, 0.1) is 17.2 Å². The average molecular weight is 302 g/mol. The molecule has 1 rings (SSSR count). The van der Waals surface area contributed by atoms with Crippen molar-refractivity contribution in [3.63, 3.8) is 0 Å². The topological polar surface area (TPSA) is 27.0 Å². The molecule has 0 radical (unpaired) electrons. The Morgan fingerprint density at radius 2 is 1.90 bits per heavy atom. The fourth-order valence-corrected chi connectivity index (χ4v) is 2.74. The third kappa shape index (κ3) is 4.73. The van der Waals surface area contributed by atoms with Crippen molar-refractivity contribution in [2.75, 3.05) is 25.4 Å². The summed E-state index contributed by atoms with van der Waals surface area (Å²) in [6.07, 6.45) is -4.48. The highest BCUT2D eigenvalue weighted by Crippen LogP contribution is 2.33. The van der Waals surface area contributed by atoms with E-state index in [4.69, 9.17) is 5.26 Å². The van der Waals surface area contributed by atoms with Gasteiger partial charge in [-0.3, -0.25) is 0 Å². The third-order valence-corrected chi connectivity index (χ3v) is 3.96. The maximum atomic E-state index is 12.7. The molecule has 20 heavy (non-hydrogen) atoms. The van der Waals surface area contributed by atoms with E-state index in [2.05, 4.69) is 18.7 Å². The van der Waals surface area contributed by atoms with E-state index in [0.717, 1.165) is 31.5 Å². The Morgan fingerprint density at radius 3 is 2.40 bits per heavy atom. The first kappa shape index (κ1) is 16.9. The van der Waals surface area contributed by atoms with Crippen LogP contribution in [0.4, 0.5) is 13.2 Å². The number of rotatable bonds is 6. The number of thioether (sulfide) groups is 1. The zero-order chi connectivity index (χ0) is 15.2. The van der Waals surface area contributed by atoms with Crippen LogP contribution in [-0.2, 0) is 6.18 Å². The predicted octanol–water partition coefficient (Wildman–Crippen LogP) is 4.01. The van der Waals surface area contributed by atoms with E-state index in [1.807, 2.05) is 0 Å². The minimum Gasteiger partial charge on any atom is -0.303 e. The number of nitrogens with zero attached hydrogens (tertiary/aromatic N) is 2. The lowest BCUT2D eigenvalue weighted by Crippen LogP contribution is -2.25. The summed E-state index contributed by atoms with van der Waals surface area (Å²) >= 11 is 1.47. The molecule has 0 heterocycles. The highest BCUT2D eigenvalue weighted by atomic mass is 32.2. The van der Waals surface area contributed by atoms with E-state index in [-0.39, 0.29) is 5.56 Å². The first-order valence-corrected chi connectivity index (χ1v) is 7.37. The molecule has 6 heteroatoms. The summed E-state index contributed by atoms with van der Waals surface area (Å²) in [5.74, 6) is 0.790. The maximum Gasteiger partial charge on any atom is 0.417 e. The SMILES string of the molecule is CCN(CC)CCSc1ccc(C(F)(F)F)c(C#N)c1. The Labute approximate surface area is 121 Å². The van der Waals surface area contributed by atoms with Crippen LogP contribution in [0.1, 0.15) is 25.0 Å². The van der Waals surface area contributed by atoms with Crippen molar-refractivity contribution in [1.29, 1.82) is 5.26 Å². The second-order valence-corrected chi connectivity index (χ2v) is 5.36. The molecule has 0 amide bonds. The third-order valence-electron chi connectivity index (χ3n) is 2.99. The van der Waals surface area contributed by atoms with Crippen molar-refractivity contribution in [2.45, 2.75) is 24.9 Å². The molecule has 1 aromatic rings. The van der Waals surface area contributed by atoms with Gasteiger partial charge >= 0.3 is 6.18 Å². The molecule has 0 spiro atoms. The smallest absolute Gasteiger partial charge is 0.303 e. The standard InChI is InChI=1S/C14H17F3N2S/c1-3-19(4-2)7-8-20-12-5-6-13(14(15,16)17)11(9-12)10-18/h5-6,9H,3-4,7-8H2,1-2H3. The molecule has 2 nitrogen and oxygen atoms in total. The maximum absolute atomic E-state index is 12.7. The summed E-state index contributed by atoms with van der Waals surface area (Å²) in [4.78, 5) is 2.93. The van der Waals surface area contributed by atoms with Gasteiger partial charge < -0.3 is 4.90 Å². The lowest BCUT2D eigenvalue weighted by Gasteiger charge is -2.17. The molecule has 0 aliphatic rings. The number of alkyl halides is 3. The summed E-state index contributed by atoms with van der Waals surface area (Å²) in [7, 11) is 0. The normalized spacial score (nSPS) is 11.7. The van der Waals surface area contributed by atoms with Crippen LogP contribution < -0.4 is 0 Å². The molecule has 0 aliphatic heterocycles. The summed E-state index contributed by atoms with van der Waals surface area (Å²) < 4.78 is 38.0. The van der Waals surface area contributed by atoms with E-state index >= 15 is 0 Å². The summed E-state index contributed by atoms with van der Waals surface area (Å²) in [5, 5.41) is 8.83. The minimum absolute atomic E-state index is 0.315. The Kier molecular flexibility index (Phi) is 6.37. The first-order valence-electron chi connectivity index (χ1n) is 6.38. The van der Waals surface area contributed by atoms with Gasteiger partial charge in [-0.1, -0.05) is 13.8 Å². The zero-order valence-electron chi connectivity index (χ0n) is 11.5. The van der Waals surface area contributed by atoms with Crippen LogP contribution in [0.5, 0.6) is 0 Å². The van der Waals surface area contributed by atoms with Crippen LogP contribution in [0.3, 0.4) is 0 Å². The van der Waals surface area contributed by atoms with Crippen LogP contribution in [0.15, 0.2) is 23.1 Å². The minimum atomic E-state index is -4.48. The van der Waals surface area contributed by atoms with Gasteiger partial charge in [-0.2, -0.15) is 18.4 Å². The number of benzene rings is 1. The van der Waals surface area contributed by atoms with Gasteiger partial charge in [0.1, 0.15) is 0 Å². The molecular weight excluding hydrogens is 285 g/mol. The van der Waals surface area contributed by atoms with Crippen LogP contribution >= 0.6 is 11.8 Å². The molecule has 0 bridgehead atoms. The number of hydrogen-bond donors (Lipinski definition) is 0. The van der Waals surface area contributed by atoms with Gasteiger partial charge in [0.15, 0.2) is 0 Å². The molecule has 0 N–H and O–H groups in total. The summed E-state index contributed by atoms with van der Waals surface area (Å²) in [6.45, 7) is 6.92. The van der Waals surface area contributed by atoms with E-state index in [0.29, 0.717) is 4.90 Å². The van der Waals surface area contributed by atoms with Crippen LogP contribution in [0.25, 0.3) is 0 Å². The van der Waals surface area contributed by atoms with Crippen molar-refractivity contribution >= 4 is 11.8 Å². The van der Waals surface area contributed by atoms with Gasteiger partial charge in [0.25, 0.3) is 0 Å². The molecule has 0 aliphatic carbocycles. The van der Waals surface area contributed by atoms with Crippen molar-refractivity contribution in [2.24, 2.45) is 0 Å². The lowest BCUT2D eigenvalue weighted by atomic mass is 10.1. The van der Waals surface area contributed by atoms with Gasteiger partial charge in [-0.15, -0.1) is 11.8 Å².